The zero-order valence-corrected chi connectivity index (χ0v) is 11.7. The molecule has 0 saturated carbocycles. The topological polar surface area (TPSA) is 75.0 Å². The van der Waals surface area contributed by atoms with Crippen molar-refractivity contribution in [2.24, 2.45) is 5.92 Å². The van der Waals surface area contributed by atoms with Gasteiger partial charge >= 0.3 is 5.97 Å². The van der Waals surface area contributed by atoms with E-state index in [0.717, 1.165) is 5.56 Å². The number of hydrogen-bond acceptors (Lipinski definition) is 5. The number of nitrogens with zero attached hydrogens (tertiary/aromatic N) is 2. The van der Waals surface area contributed by atoms with E-state index >= 15 is 0 Å². The molecule has 1 unspecified atom stereocenters. The number of aromatic nitrogens is 1. The minimum Gasteiger partial charge on any atom is -0.467 e. The highest BCUT2D eigenvalue weighted by Crippen LogP contribution is 2.18. The van der Waals surface area contributed by atoms with E-state index in [0.29, 0.717) is 23.7 Å². The quantitative estimate of drug-likeness (QED) is 0.823. The van der Waals surface area contributed by atoms with Crippen LogP contribution in [0.2, 0.25) is 0 Å². The minimum absolute atomic E-state index is 0.326. The van der Waals surface area contributed by atoms with E-state index in [1.54, 1.807) is 12.3 Å². The first-order valence-corrected chi connectivity index (χ1v) is 6.19. The van der Waals surface area contributed by atoms with Crippen LogP contribution in [0.4, 0.5) is 5.82 Å². The third-order valence-electron chi connectivity index (χ3n) is 2.77. The summed E-state index contributed by atoms with van der Waals surface area (Å²) in [5, 5.41) is 12.2. The Morgan fingerprint density at radius 3 is 2.79 bits per heavy atom. The predicted octanol–water partition coefficient (Wildman–Crippen LogP) is 2.26. The number of methoxy groups -OCH3 is 1. The van der Waals surface area contributed by atoms with E-state index in [4.69, 9.17) is 10.00 Å². The molecule has 0 aromatic carbocycles. The fourth-order valence-corrected chi connectivity index (χ4v) is 1.80. The van der Waals surface area contributed by atoms with E-state index in [2.05, 4.69) is 16.4 Å². The lowest BCUT2D eigenvalue weighted by molar-refractivity contribution is -0.141. The number of aryl methyl sites for hydroxylation is 1. The van der Waals surface area contributed by atoms with Gasteiger partial charge in [0.05, 0.1) is 12.7 Å². The Balaban J connectivity index is 3.00. The Labute approximate surface area is 113 Å². The summed E-state index contributed by atoms with van der Waals surface area (Å²) in [6, 6.07) is 3.37. The van der Waals surface area contributed by atoms with Gasteiger partial charge in [0.15, 0.2) is 0 Å². The third-order valence-corrected chi connectivity index (χ3v) is 2.77. The molecule has 0 radical (unpaired) electrons. The Morgan fingerprint density at radius 1 is 1.58 bits per heavy atom. The SMILES string of the molecule is COC(=O)C(CC(C)C)Nc1nccc(C)c1C#N. The Bertz CT molecular complexity index is 492. The highest BCUT2D eigenvalue weighted by atomic mass is 16.5. The molecular weight excluding hydrogens is 242 g/mol. The molecule has 0 aliphatic rings. The number of nitrogens with one attached hydrogen (secondary N) is 1. The first-order chi connectivity index (χ1) is 8.99. The minimum atomic E-state index is -0.494. The lowest BCUT2D eigenvalue weighted by Gasteiger charge is -2.19. The second kappa shape index (κ2) is 6.74. The predicted molar refractivity (Wildman–Crippen MR) is 72.6 cm³/mol. The molecule has 0 fully saturated rings. The van der Waals surface area contributed by atoms with Crippen LogP contribution >= 0.6 is 0 Å². The Morgan fingerprint density at radius 2 is 2.26 bits per heavy atom. The van der Waals surface area contributed by atoms with Crippen LogP contribution in [0.3, 0.4) is 0 Å². The van der Waals surface area contributed by atoms with E-state index in [-0.39, 0.29) is 5.97 Å². The second-order valence-corrected chi connectivity index (χ2v) is 4.81. The van der Waals surface area contributed by atoms with Crippen LogP contribution in [-0.2, 0) is 9.53 Å². The zero-order valence-electron chi connectivity index (χ0n) is 11.7. The smallest absolute Gasteiger partial charge is 0.328 e. The summed E-state index contributed by atoms with van der Waals surface area (Å²) in [6.07, 6.45) is 2.23. The van der Waals surface area contributed by atoms with Crippen molar-refractivity contribution in [3.63, 3.8) is 0 Å². The number of pyridine rings is 1. The van der Waals surface area contributed by atoms with Gasteiger partial charge < -0.3 is 10.1 Å². The fraction of sp³-hybridized carbons (Fsp3) is 0.500. The molecule has 0 aliphatic heterocycles. The van der Waals surface area contributed by atoms with Gasteiger partial charge in [0.1, 0.15) is 17.9 Å². The zero-order chi connectivity index (χ0) is 14.4. The standard InChI is InChI=1S/C14H19N3O2/c1-9(2)7-12(14(18)19-4)17-13-11(8-15)10(3)5-6-16-13/h5-6,9,12H,7H2,1-4H3,(H,16,17). The molecule has 19 heavy (non-hydrogen) atoms. The van der Waals surface area contributed by atoms with Crippen molar-refractivity contribution in [1.29, 1.82) is 5.26 Å². The molecule has 102 valence electrons. The molecule has 1 N–H and O–H groups in total. The molecule has 0 spiro atoms. The number of rotatable bonds is 5. The molecule has 0 bridgehead atoms. The summed E-state index contributed by atoms with van der Waals surface area (Å²) in [4.78, 5) is 15.9. The molecule has 1 rings (SSSR count). The summed E-state index contributed by atoms with van der Waals surface area (Å²) >= 11 is 0. The average Bonchev–Trinajstić information content (AvgIpc) is 2.36. The number of carbonyl (C=O) groups excluding carboxylic acids is 1. The largest absolute Gasteiger partial charge is 0.467 e. The van der Waals surface area contributed by atoms with Crippen molar-refractivity contribution >= 4 is 11.8 Å². The monoisotopic (exact) mass is 261 g/mol. The van der Waals surface area contributed by atoms with Gasteiger partial charge in [-0.1, -0.05) is 13.8 Å². The molecule has 0 saturated heterocycles. The van der Waals surface area contributed by atoms with Crippen molar-refractivity contribution in [2.75, 3.05) is 12.4 Å². The van der Waals surface area contributed by atoms with Crippen LogP contribution in [0.25, 0.3) is 0 Å². The van der Waals surface area contributed by atoms with Crippen molar-refractivity contribution in [2.45, 2.75) is 33.2 Å². The summed E-state index contributed by atoms with van der Waals surface area (Å²) in [7, 11) is 1.35. The second-order valence-electron chi connectivity index (χ2n) is 4.81. The number of esters is 1. The molecular formula is C14H19N3O2. The number of anilines is 1. The Kier molecular flexibility index (Phi) is 5.31. The number of carbonyl (C=O) groups is 1. The lowest BCUT2D eigenvalue weighted by Crippen LogP contribution is -2.32. The maximum atomic E-state index is 11.7. The Hall–Kier alpha value is -2.09. The summed E-state index contributed by atoms with van der Waals surface area (Å²) in [5.41, 5.74) is 1.29. The van der Waals surface area contributed by atoms with E-state index in [9.17, 15) is 4.79 Å². The maximum Gasteiger partial charge on any atom is 0.328 e. The average molecular weight is 261 g/mol. The van der Waals surface area contributed by atoms with Crippen molar-refractivity contribution < 1.29 is 9.53 Å². The molecule has 0 amide bonds. The van der Waals surface area contributed by atoms with E-state index in [1.807, 2.05) is 20.8 Å². The number of hydrogen-bond donors (Lipinski definition) is 1. The first kappa shape index (κ1) is 15.0. The van der Waals surface area contributed by atoms with Crippen LogP contribution in [-0.4, -0.2) is 24.1 Å². The molecule has 5 heteroatoms. The van der Waals surface area contributed by atoms with Crippen molar-refractivity contribution in [3.8, 4) is 6.07 Å². The van der Waals surface area contributed by atoms with Gasteiger partial charge in [-0.25, -0.2) is 9.78 Å². The summed E-state index contributed by atoms with van der Waals surface area (Å²) in [5.74, 6) is 0.409. The number of nitriles is 1. The molecule has 1 aromatic heterocycles. The van der Waals surface area contributed by atoms with Crippen molar-refractivity contribution in [1.82, 2.24) is 4.98 Å². The highest BCUT2D eigenvalue weighted by Gasteiger charge is 2.22. The molecule has 0 aliphatic carbocycles. The van der Waals surface area contributed by atoms with Crippen LogP contribution < -0.4 is 5.32 Å². The molecule has 1 heterocycles. The molecule has 1 atom stereocenters. The van der Waals surface area contributed by atoms with Gasteiger partial charge in [0.25, 0.3) is 0 Å². The van der Waals surface area contributed by atoms with Gasteiger partial charge in [-0.2, -0.15) is 5.26 Å². The normalized spacial score (nSPS) is 11.8. The van der Waals surface area contributed by atoms with Gasteiger partial charge in [0, 0.05) is 6.20 Å². The highest BCUT2D eigenvalue weighted by molar-refractivity contribution is 5.79. The lowest BCUT2D eigenvalue weighted by atomic mass is 10.0. The van der Waals surface area contributed by atoms with Gasteiger partial charge in [-0.15, -0.1) is 0 Å². The summed E-state index contributed by atoms with van der Waals surface area (Å²) in [6.45, 7) is 5.88. The van der Waals surface area contributed by atoms with Gasteiger partial charge in [-0.3, -0.25) is 0 Å². The van der Waals surface area contributed by atoms with Crippen molar-refractivity contribution in [3.05, 3.63) is 23.4 Å². The first-order valence-electron chi connectivity index (χ1n) is 6.19. The van der Waals surface area contributed by atoms with Crippen LogP contribution in [0.5, 0.6) is 0 Å². The van der Waals surface area contributed by atoms with Crippen LogP contribution in [0, 0.1) is 24.2 Å². The maximum absolute atomic E-state index is 11.7. The van der Waals surface area contributed by atoms with Crippen LogP contribution in [0.15, 0.2) is 12.3 Å². The third kappa shape index (κ3) is 3.95. The molecule has 1 aromatic rings. The van der Waals surface area contributed by atoms with Gasteiger partial charge in [-0.05, 0) is 30.9 Å². The van der Waals surface area contributed by atoms with Gasteiger partial charge in [0.2, 0.25) is 0 Å². The molecule has 5 nitrogen and oxygen atoms in total. The van der Waals surface area contributed by atoms with Crippen LogP contribution in [0.1, 0.15) is 31.4 Å². The fourth-order valence-electron chi connectivity index (χ4n) is 1.80. The van der Waals surface area contributed by atoms with E-state index < -0.39 is 6.04 Å². The van der Waals surface area contributed by atoms with E-state index in [1.165, 1.54) is 7.11 Å². The number of ether oxygens (including phenoxy) is 1. The summed E-state index contributed by atoms with van der Waals surface area (Å²) < 4.78 is 4.78.